The van der Waals surface area contributed by atoms with E-state index >= 15 is 0 Å². The summed E-state index contributed by atoms with van der Waals surface area (Å²) in [5.74, 6) is 0. The van der Waals surface area contributed by atoms with Gasteiger partial charge in [0, 0.05) is 25.7 Å². The summed E-state index contributed by atoms with van der Waals surface area (Å²) < 4.78 is 27.3. The Bertz CT molecular complexity index is 548. The normalized spacial score (nSPS) is 16.0. The minimum absolute atomic E-state index is 0.282. The number of aryl methyl sites for hydroxylation is 1. The predicted octanol–water partition coefficient (Wildman–Crippen LogP) is -0.190. The van der Waals surface area contributed by atoms with Gasteiger partial charge in [0.25, 0.3) is 0 Å². The third-order valence-corrected chi connectivity index (χ3v) is 4.88. The van der Waals surface area contributed by atoms with Crippen molar-refractivity contribution in [2.24, 2.45) is 0 Å². The second-order valence-corrected chi connectivity index (χ2v) is 7.18. The minimum atomic E-state index is -3.51. The maximum Gasteiger partial charge on any atom is 0.244 e. The summed E-state index contributed by atoms with van der Waals surface area (Å²) in [4.78, 5) is 2.21. The Morgan fingerprint density at radius 1 is 1.40 bits per heavy atom. The standard InChI is InChI=1S/C12H23N5O2S/c1-9-12(20(18,19)14-6-7-17(2)3)11(16-15-9)8-13-10-4-5-10/h10,13-14H,4-8H2,1-3H3,(H,15,16). The maximum atomic E-state index is 12.4. The first kappa shape index (κ1) is 15.4. The summed E-state index contributed by atoms with van der Waals surface area (Å²) in [6.45, 7) is 3.26. The molecule has 0 unspecified atom stereocenters. The summed E-state index contributed by atoms with van der Waals surface area (Å²) in [7, 11) is 0.298. The summed E-state index contributed by atoms with van der Waals surface area (Å²) in [6, 6.07) is 0.518. The van der Waals surface area contributed by atoms with E-state index in [4.69, 9.17) is 0 Å². The third kappa shape index (κ3) is 4.02. The van der Waals surface area contributed by atoms with Crippen molar-refractivity contribution in [3.63, 3.8) is 0 Å². The van der Waals surface area contributed by atoms with Crippen LogP contribution in [0.5, 0.6) is 0 Å². The second kappa shape index (κ2) is 6.21. The zero-order valence-electron chi connectivity index (χ0n) is 12.2. The van der Waals surface area contributed by atoms with E-state index in [2.05, 4.69) is 20.2 Å². The summed E-state index contributed by atoms with van der Waals surface area (Å²) in [6.07, 6.45) is 2.32. The van der Waals surface area contributed by atoms with Crippen LogP contribution in [0.25, 0.3) is 0 Å². The number of hydrogen-bond donors (Lipinski definition) is 3. The number of H-pyrrole nitrogens is 1. The maximum absolute atomic E-state index is 12.4. The molecule has 1 heterocycles. The van der Waals surface area contributed by atoms with Crippen molar-refractivity contribution in [1.82, 2.24) is 25.1 Å². The van der Waals surface area contributed by atoms with Crippen LogP contribution in [0.2, 0.25) is 0 Å². The Morgan fingerprint density at radius 2 is 2.10 bits per heavy atom. The largest absolute Gasteiger partial charge is 0.308 e. The van der Waals surface area contributed by atoms with Crippen LogP contribution in [0.1, 0.15) is 24.2 Å². The molecular formula is C12H23N5O2S. The molecule has 0 spiro atoms. The highest BCUT2D eigenvalue weighted by Crippen LogP contribution is 2.21. The minimum Gasteiger partial charge on any atom is -0.308 e. The van der Waals surface area contributed by atoms with Gasteiger partial charge in [0.2, 0.25) is 10.0 Å². The molecule has 1 aromatic heterocycles. The van der Waals surface area contributed by atoms with Crippen LogP contribution >= 0.6 is 0 Å². The number of sulfonamides is 1. The number of hydrogen-bond acceptors (Lipinski definition) is 5. The summed E-state index contributed by atoms with van der Waals surface area (Å²) in [5, 5.41) is 10.2. The van der Waals surface area contributed by atoms with E-state index in [1.54, 1.807) is 6.92 Å². The third-order valence-electron chi connectivity index (χ3n) is 3.22. The second-order valence-electron chi connectivity index (χ2n) is 5.48. The van der Waals surface area contributed by atoms with E-state index in [0.29, 0.717) is 37.1 Å². The Kier molecular flexibility index (Phi) is 4.79. The quantitative estimate of drug-likeness (QED) is 0.619. The Hall–Kier alpha value is -0.960. The molecule has 1 saturated carbocycles. The van der Waals surface area contributed by atoms with Crippen LogP contribution in [-0.2, 0) is 16.6 Å². The molecule has 0 aromatic carbocycles. The summed E-state index contributed by atoms with van der Waals surface area (Å²) >= 11 is 0. The number of rotatable bonds is 8. The molecule has 0 radical (unpaired) electrons. The SMILES string of the molecule is Cc1[nH]nc(CNC2CC2)c1S(=O)(=O)NCCN(C)C. The van der Waals surface area contributed by atoms with Crippen molar-refractivity contribution in [2.45, 2.75) is 37.2 Å². The van der Waals surface area contributed by atoms with Gasteiger partial charge in [0.15, 0.2) is 0 Å². The van der Waals surface area contributed by atoms with Gasteiger partial charge in [-0.25, -0.2) is 13.1 Å². The van der Waals surface area contributed by atoms with Crippen LogP contribution in [0, 0.1) is 6.92 Å². The van der Waals surface area contributed by atoms with Crippen LogP contribution < -0.4 is 10.0 Å². The van der Waals surface area contributed by atoms with E-state index < -0.39 is 10.0 Å². The van der Waals surface area contributed by atoms with E-state index in [1.807, 2.05) is 19.0 Å². The Balaban J connectivity index is 2.06. The first-order chi connectivity index (χ1) is 9.40. The van der Waals surface area contributed by atoms with E-state index in [-0.39, 0.29) is 4.90 Å². The highest BCUT2D eigenvalue weighted by atomic mass is 32.2. The molecule has 3 N–H and O–H groups in total. The Labute approximate surface area is 120 Å². The molecule has 114 valence electrons. The van der Waals surface area contributed by atoms with Crippen molar-refractivity contribution >= 4 is 10.0 Å². The smallest absolute Gasteiger partial charge is 0.244 e. The molecule has 0 atom stereocenters. The molecule has 0 saturated heterocycles. The molecule has 0 amide bonds. The fraction of sp³-hybridized carbons (Fsp3) is 0.750. The first-order valence-electron chi connectivity index (χ1n) is 6.82. The first-order valence-corrected chi connectivity index (χ1v) is 8.30. The average molecular weight is 301 g/mol. The Morgan fingerprint density at radius 3 is 2.70 bits per heavy atom. The van der Waals surface area contributed by atoms with Gasteiger partial charge >= 0.3 is 0 Å². The zero-order valence-corrected chi connectivity index (χ0v) is 13.0. The van der Waals surface area contributed by atoms with Crippen molar-refractivity contribution in [2.75, 3.05) is 27.2 Å². The number of nitrogens with zero attached hydrogens (tertiary/aromatic N) is 2. The van der Waals surface area contributed by atoms with Crippen molar-refractivity contribution in [3.05, 3.63) is 11.4 Å². The fourth-order valence-corrected chi connectivity index (χ4v) is 3.33. The van der Waals surface area contributed by atoms with Gasteiger partial charge in [-0.15, -0.1) is 0 Å². The van der Waals surface area contributed by atoms with Crippen LogP contribution in [0.15, 0.2) is 4.90 Å². The molecule has 20 heavy (non-hydrogen) atoms. The molecule has 2 rings (SSSR count). The van der Waals surface area contributed by atoms with Crippen LogP contribution in [0.4, 0.5) is 0 Å². The molecule has 0 bridgehead atoms. The van der Waals surface area contributed by atoms with Crippen LogP contribution in [-0.4, -0.2) is 56.7 Å². The lowest BCUT2D eigenvalue weighted by atomic mass is 10.3. The lowest BCUT2D eigenvalue weighted by Gasteiger charge is -2.11. The molecule has 1 aliphatic carbocycles. The lowest BCUT2D eigenvalue weighted by molar-refractivity contribution is 0.412. The molecule has 1 aliphatic rings. The van der Waals surface area contributed by atoms with Gasteiger partial charge in [0.05, 0.1) is 11.4 Å². The van der Waals surface area contributed by atoms with E-state index in [1.165, 1.54) is 0 Å². The number of nitrogens with one attached hydrogen (secondary N) is 3. The molecule has 1 fully saturated rings. The number of aromatic amines is 1. The predicted molar refractivity (Wildman–Crippen MR) is 76.9 cm³/mol. The lowest BCUT2D eigenvalue weighted by Crippen LogP contribution is -2.32. The molecule has 1 aromatic rings. The van der Waals surface area contributed by atoms with Gasteiger partial charge in [-0.1, -0.05) is 0 Å². The van der Waals surface area contributed by atoms with E-state index in [0.717, 1.165) is 12.8 Å². The topological polar surface area (TPSA) is 90.1 Å². The van der Waals surface area contributed by atoms with Crippen molar-refractivity contribution < 1.29 is 8.42 Å². The summed E-state index contributed by atoms with van der Waals surface area (Å²) in [5.41, 5.74) is 1.14. The molecule has 0 aliphatic heterocycles. The highest BCUT2D eigenvalue weighted by molar-refractivity contribution is 7.89. The monoisotopic (exact) mass is 301 g/mol. The van der Waals surface area contributed by atoms with Gasteiger partial charge in [-0.05, 0) is 33.9 Å². The van der Waals surface area contributed by atoms with Crippen LogP contribution in [0.3, 0.4) is 0 Å². The van der Waals surface area contributed by atoms with Gasteiger partial charge in [-0.3, -0.25) is 5.10 Å². The van der Waals surface area contributed by atoms with Crippen molar-refractivity contribution in [3.8, 4) is 0 Å². The van der Waals surface area contributed by atoms with Crippen molar-refractivity contribution in [1.29, 1.82) is 0 Å². The molecule has 8 heteroatoms. The zero-order chi connectivity index (χ0) is 14.8. The van der Waals surface area contributed by atoms with Gasteiger partial charge in [-0.2, -0.15) is 5.10 Å². The number of aromatic nitrogens is 2. The number of likely N-dealkylation sites (N-methyl/N-ethyl adjacent to an activating group) is 1. The van der Waals surface area contributed by atoms with Gasteiger partial charge in [0.1, 0.15) is 4.90 Å². The molecular weight excluding hydrogens is 278 g/mol. The fourth-order valence-electron chi connectivity index (χ4n) is 1.95. The average Bonchev–Trinajstić information content (AvgIpc) is 3.09. The molecule has 7 nitrogen and oxygen atoms in total. The van der Waals surface area contributed by atoms with E-state index in [9.17, 15) is 8.42 Å². The van der Waals surface area contributed by atoms with Gasteiger partial charge < -0.3 is 10.2 Å². The highest BCUT2D eigenvalue weighted by Gasteiger charge is 2.26.